The van der Waals surface area contributed by atoms with Gasteiger partial charge in [0.25, 0.3) is 0 Å². The maximum absolute atomic E-state index is 11.7. The summed E-state index contributed by atoms with van der Waals surface area (Å²) in [5, 5.41) is 2.38. The van der Waals surface area contributed by atoms with Crippen molar-refractivity contribution >= 4 is 16.7 Å². The average molecular weight is 368 g/mol. The maximum Gasteiger partial charge on any atom is 0.302 e. The molecule has 0 unspecified atom stereocenters. The van der Waals surface area contributed by atoms with Crippen molar-refractivity contribution in [2.45, 2.75) is 70.2 Å². The summed E-state index contributed by atoms with van der Waals surface area (Å²) in [7, 11) is 0. The van der Waals surface area contributed by atoms with Crippen LogP contribution in [0.25, 0.3) is 10.8 Å². The van der Waals surface area contributed by atoms with Gasteiger partial charge in [-0.25, -0.2) is 0 Å². The first-order chi connectivity index (χ1) is 13.2. The molecule has 2 aromatic rings. The predicted molar refractivity (Wildman–Crippen MR) is 105 cm³/mol. The van der Waals surface area contributed by atoms with E-state index in [1.807, 2.05) is 0 Å². The minimum atomic E-state index is -0.204. The standard InChI is InChI=1S/C23H28O4/c1-16(24)26-20-11-5-4-10-19(20)23-18-9-3-2-8-17(18)13-14-21(23)27-22-12-6-7-15-25-22/h2-3,8-9,13-14,19-20,22H,4-7,10-12,15H2,1H3/t19-,20+,22+/m0/s1. The van der Waals surface area contributed by atoms with Crippen molar-refractivity contribution in [2.75, 3.05) is 6.61 Å². The number of hydrogen-bond acceptors (Lipinski definition) is 4. The van der Waals surface area contributed by atoms with Gasteiger partial charge >= 0.3 is 5.97 Å². The molecule has 4 rings (SSSR count). The van der Waals surface area contributed by atoms with Gasteiger partial charge < -0.3 is 14.2 Å². The zero-order valence-electron chi connectivity index (χ0n) is 16.0. The molecule has 2 aromatic carbocycles. The average Bonchev–Trinajstić information content (AvgIpc) is 2.69. The van der Waals surface area contributed by atoms with E-state index in [2.05, 4.69) is 36.4 Å². The van der Waals surface area contributed by atoms with Crippen molar-refractivity contribution in [3.63, 3.8) is 0 Å². The molecule has 4 heteroatoms. The highest BCUT2D eigenvalue weighted by molar-refractivity contribution is 5.88. The minimum Gasteiger partial charge on any atom is -0.465 e. The molecule has 0 aromatic heterocycles. The van der Waals surface area contributed by atoms with Gasteiger partial charge in [-0.3, -0.25) is 4.79 Å². The first-order valence-electron chi connectivity index (χ1n) is 10.2. The first kappa shape index (κ1) is 18.3. The van der Waals surface area contributed by atoms with Gasteiger partial charge in [0.1, 0.15) is 11.9 Å². The van der Waals surface area contributed by atoms with Gasteiger partial charge in [0, 0.05) is 24.8 Å². The molecule has 0 N–H and O–H groups in total. The third-order valence-corrected chi connectivity index (χ3v) is 5.72. The van der Waals surface area contributed by atoms with Crippen molar-refractivity contribution in [1.29, 1.82) is 0 Å². The molecule has 1 aliphatic heterocycles. The molecule has 0 spiro atoms. The second-order valence-corrected chi connectivity index (χ2v) is 7.65. The molecule has 1 saturated carbocycles. The van der Waals surface area contributed by atoms with Gasteiger partial charge in [0.2, 0.25) is 0 Å². The van der Waals surface area contributed by atoms with Gasteiger partial charge in [0.05, 0.1) is 6.61 Å². The van der Waals surface area contributed by atoms with Crippen LogP contribution in [0, 0.1) is 0 Å². The topological polar surface area (TPSA) is 44.8 Å². The highest BCUT2D eigenvalue weighted by atomic mass is 16.7. The SMILES string of the molecule is CC(=O)O[C@@H]1CCCC[C@@H]1c1c(O[C@@H]2CCCCO2)ccc2ccccc12. The number of carbonyl (C=O) groups excluding carboxylic acids is 1. The predicted octanol–water partition coefficient (Wildman–Crippen LogP) is 5.33. The zero-order chi connectivity index (χ0) is 18.6. The van der Waals surface area contributed by atoms with E-state index in [0.717, 1.165) is 57.3 Å². The molecule has 1 saturated heterocycles. The normalized spacial score (nSPS) is 25.9. The number of hydrogen-bond donors (Lipinski definition) is 0. The highest BCUT2D eigenvalue weighted by Crippen LogP contribution is 2.43. The Morgan fingerprint density at radius 2 is 1.81 bits per heavy atom. The molecular formula is C23H28O4. The molecule has 2 fully saturated rings. The maximum atomic E-state index is 11.7. The summed E-state index contributed by atoms with van der Waals surface area (Å²) >= 11 is 0. The fourth-order valence-corrected chi connectivity index (χ4v) is 4.49. The summed E-state index contributed by atoms with van der Waals surface area (Å²) in [6.07, 6.45) is 7.04. The Balaban J connectivity index is 1.75. The molecule has 4 nitrogen and oxygen atoms in total. The largest absolute Gasteiger partial charge is 0.465 e. The van der Waals surface area contributed by atoms with Crippen LogP contribution in [-0.4, -0.2) is 25.0 Å². The molecule has 144 valence electrons. The Labute approximate surface area is 160 Å². The number of ether oxygens (including phenoxy) is 3. The lowest BCUT2D eigenvalue weighted by Crippen LogP contribution is -2.30. The Kier molecular flexibility index (Phi) is 5.63. The highest BCUT2D eigenvalue weighted by Gasteiger charge is 2.33. The van der Waals surface area contributed by atoms with Crippen molar-refractivity contribution in [1.82, 2.24) is 0 Å². The molecule has 0 bridgehead atoms. The summed E-state index contributed by atoms with van der Waals surface area (Å²) in [5.74, 6) is 0.835. The van der Waals surface area contributed by atoms with Gasteiger partial charge in [-0.05, 0) is 48.9 Å². The Hall–Kier alpha value is -2.07. The molecule has 3 atom stereocenters. The van der Waals surface area contributed by atoms with E-state index in [0.29, 0.717) is 0 Å². The van der Waals surface area contributed by atoms with Crippen molar-refractivity contribution in [3.05, 3.63) is 42.0 Å². The zero-order valence-corrected chi connectivity index (χ0v) is 16.0. The van der Waals surface area contributed by atoms with E-state index >= 15 is 0 Å². The monoisotopic (exact) mass is 368 g/mol. The van der Waals surface area contributed by atoms with Crippen LogP contribution in [0.15, 0.2) is 36.4 Å². The van der Waals surface area contributed by atoms with Gasteiger partial charge in [-0.15, -0.1) is 0 Å². The lowest BCUT2D eigenvalue weighted by Gasteiger charge is -2.34. The summed E-state index contributed by atoms with van der Waals surface area (Å²) < 4.78 is 17.9. The van der Waals surface area contributed by atoms with E-state index in [9.17, 15) is 4.79 Å². The lowest BCUT2D eigenvalue weighted by atomic mass is 9.79. The van der Waals surface area contributed by atoms with Crippen molar-refractivity contribution in [3.8, 4) is 5.75 Å². The minimum absolute atomic E-state index is 0.0864. The fourth-order valence-electron chi connectivity index (χ4n) is 4.49. The van der Waals surface area contributed by atoms with Crippen LogP contribution in [0.4, 0.5) is 0 Å². The van der Waals surface area contributed by atoms with Crippen LogP contribution in [0.2, 0.25) is 0 Å². The van der Waals surface area contributed by atoms with Crippen LogP contribution in [0.5, 0.6) is 5.75 Å². The van der Waals surface area contributed by atoms with Crippen LogP contribution in [-0.2, 0) is 14.3 Å². The quantitative estimate of drug-likeness (QED) is 0.684. The molecule has 2 aliphatic rings. The van der Waals surface area contributed by atoms with E-state index in [1.54, 1.807) is 0 Å². The van der Waals surface area contributed by atoms with Crippen molar-refractivity contribution < 1.29 is 19.0 Å². The smallest absolute Gasteiger partial charge is 0.302 e. The van der Waals surface area contributed by atoms with Gasteiger partial charge in [0.15, 0.2) is 6.29 Å². The van der Waals surface area contributed by atoms with Gasteiger partial charge in [-0.2, -0.15) is 0 Å². The lowest BCUT2D eigenvalue weighted by molar-refractivity contribution is -0.149. The third kappa shape index (κ3) is 4.11. The fraction of sp³-hybridized carbons (Fsp3) is 0.522. The molecule has 0 radical (unpaired) electrons. The number of esters is 1. The first-order valence-corrected chi connectivity index (χ1v) is 10.2. The number of benzene rings is 2. The van der Waals surface area contributed by atoms with Gasteiger partial charge in [-0.1, -0.05) is 36.8 Å². The van der Waals surface area contributed by atoms with Crippen molar-refractivity contribution in [2.24, 2.45) is 0 Å². The van der Waals surface area contributed by atoms with E-state index in [1.165, 1.54) is 23.3 Å². The summed E-state index contributed by atoms with van der Waals surface area (Å²) in [6, 6.07) is 12.6. The second kappa shape index (κ2) is 8.30. The van der Waals surface area contributed by atoms with E-state index < -0.39 is 0 Å². The second-order valence-electron chi connectivity index (χ2n) is 7.65. The molecule has 0 amide bonds. The molecular weight excluding hydrogens is 340 g/mol. The van der Waals surface area contributed by atoms with Crippen LogP contribution >= 0.6 is 0 Å². The number of rotatable bonds is 4. The Bertz CT molecular complexity index is 794. The number of fused-ring (bicyclic) bond motifs is 1. The van der Waals surface area contributed by atoms with Crippen LogP contribution in [0.3, 0.4) is 0 Å². The molecule has 27 heavy (non-hydrogen) atoms. The molecule has 1 aliphatic carbocycles. The summed E-state index contributed by atoms with van der Waals surface area (Å²) in [6.45, 7) is 2.26. The Morgan fingerprint density at radius 1 is 1.00 bits per heavy atom. The van der Waals surface area contributed by atoms with E-state index in [-0.39, 0.29) is 24.3 Å². The number of carbonyl (C=O) groups is 1. The Morgan fingerprint density at radius 3 is 2.63 bits per heavy atom. The van der Waals surface area contributed by atoms with E-state index in [4.69, 9.17) is 14.2 Å². The summed E-state index contributed by atoms with van der Waals surface area (Å²) in [4.78, 5) is 11.7. The third-order valence-electron chi connectivity index (χ3n) is 5.72. The summed E-state index contributed by atoms with van der Waals surface area (Å²) in [5.41, 5.74) is 1.17. The van der Waals surface area contributed by atoms with Crippen LogP contribution in [0.1, 0.15) is 63.4 Å². The van der Waals surface area contributed by atoms with Crippen LogP contribution < -0.4 is 4.74 Å². The molecule has 1 heterocycles.